The summed E-state index contributed by atoms with van der Waals surface area (Å²) in [5.74, 6) is 0. The summed E-state index contributed by atoms with van der Waals surface area (Å²) in [6.45, 7) is 8.60. The summed E-state index contributed by atoms with van der Waals surface area (Å²) in [5.41, 5.74) is 2.02. The lowest BCUT2D eigenvalue weighted by Gasteiger charge is -2.37. The van der Waals surface area contributed by atoms with Crippen LogP contribution in [0, 0.1) is 6.92 Å². The van der Waals surface area contributed by atoms with Gasteiger partial charge < -0.3 is 9.64 Å². The molecule has 0 spiro atoms. The second-order valence-corrected chi connectivity index (χ2v) is 6.60. The van der Waals surface area contributed by atoms with Gasteiger partial charge in [0.05, 0.1) is 6.04 Å². The Morgan fingerprint density at radius 1 is 1.20 bits per heavy atom. The van der Waals surface area contributed by atoms with E-state index in [0.717, 1.165) is 25.8 Å². The SMILES string of the molecule is Cc1ccc(C2CCCCN2C(=O)OC(C)(C)C)cc1. The van der Waals surface area contributed by atoms with Crippen LogP contribution >= 0.6 is 0 Å². The zero-order valence-corrected chi connectivity index (χ0v) is 13.0. The maximum Gasteiger partial charge on any atom is 0.410 e. The first-order valence-corrected chi connectivity index (χ1v) is 7.43. The topological polar surface area (TPSA) is 29.5 Å². The molecule has 1 saturated heterocycles. The lowest BCUT2D eigenvalue weighted by Crippen LogP contribution is -2.41. The number of hydrogen-bond acceptors (Lipinski definition) is 2. The molecule has 3 nitrogen and oxygen atoms in total. The number of nitrogens with zero attached hydrogens (tertiary/aromatic N) is 1. The van der Waals surface area contributed by atoms with Gasteiger partial charge in [-0.25, -0.2) is 4.79 Å². The summed E-state index contributed by atoms with van der Waals surface area (Å²) in [7, 11) is 0. The van der Waals surface area contributed by atoms with E-state index in [4.69, 9.17) is 4.74 Å². The van der Waals surface area contributed by atoms with Crippen molar-refractivity contribution in [3.8, 4) is 0 Å². The molecule has 0 aliphatic carbocycles. The van der Waals surface area contributed by atoms with Crippen LogP contribution in [0.4, 0.5) is 4.79 Å². The highest BCUT2D eigenvalue weighted by Gasteiger charge is 2.31. The summed E-state index contributed by atoms with van der Waals surface area (Å²) < 4.78 is 5.54. The standard InChI is InChI=1S/C17H25NO2/c1-13-8-10-14(11-9-13)15-7-5-6-12-18(15)16(19)20-17(2,3)4/h8-11,15H,5-7,12H2,1-4H3. The minimum atomic E-state index is -0.438. The molecular formula is C17H25NO2. The Bertz CT molecular complexity index is 459. The average molecular weight is 275 g/mol. The van der Waals surface area contributed by atoms with Crippen LogP contribution in [0.5, 0.6) is 0 Å². The van der Waals surface area contributed by atoms with Crippen molar-refractivity contribution >= 4 is 6.09 Å². The monoisotopic (exact) mass is 275 g/mol. The van der Waals surface area contributed by atoms with Crippen LogP contribution in [0.3, 0.4) is 0 Å². The summed E-state index contributed by atoms with van der Waals surface area (Å²) in [6.07, 6.45) is 3.05. The van der Waals surface area contributed by atoms with Gasteiger partial charge in [0, 0.05) is 6.54 Å². The molecule has 0 bridgehead atoms. The molecule has 1 aliphatic heterocycles. The second-order valence-electron chi connectivity index (χ2n) is 6.60. The Morgan fingerprint density at radius 2 is 1.85 bits per heavy atom. The minimum absolute atomic E-state index is 0.152. The molecule has 1 unspecified atom stereocenters. The first-order valence-electron chi connectivity index (χ1n) is 7.43. The Balaban J connectivity index is 2.16. The summed E-state index contributed by atoms with van der Waals surface area (Å²) in [4.78, 5) is 14.3. The van der Waals surface area contributed by atoms with Gasteiger partial charge in [-0.15, -0.1) is 0 Å². The van der Waals surface area contributed by atoms with E-state index in [1.165, 1.54) is 11.1 Å². The molecule has 1 aromatic rings. The molecule has 1 aliphatic rings. The number of amides is 1. The van der Waals surface area contributed by atoms with Crippen molar-refractivity contribution in [2.24, 2.45) is 0 Å². The number of likely N-dealkylation sites (tertiary alicyclic amines) is 1. The van der Waals surface area contributed by atoms with E-state index in [9.17, 15) is 4.79 Å². The van der Waals surface area contributed by atoms with Crippen LogP contribution < -0.4 is 0 Å². The van der Waals surface area contributed by atoms with E-state index in [2.05, 4.69) is 31.2 Å². The van der Waals surface area contributed by atoms with Crippen molar-refractivity contribution in [3.63, 3.8) is 0 Å². The van der Waals surface area contributed by atoms with Crippen molar-refractivity contribution in [2.75, 3.05) is 6.54 Å². The molecular weight excluding hydrogens is 250 g/mol. The number of aryl methyl sites for hydroxylation is 1. The smallest absolute Gasteiger partial charge is 0.410 e. The van der Waals surface area contributed by atoms with Crippen molar-refractivity contribution in [1.82, 2.24) is 4.90 Å². The van der Waals surface area contributed by atoms with E-state index in [0.29, 0.717) is 0 Å². The number of carbonyl (C=O) groups excluding carboxylic acids is 1. The second kappa shape index (κ2) is 5.86. The number of piperidine rings is 1. The molecule has 1 atom stereocenters. The van der Waals surface area contributed by atoms with Crippen LogP contribution in [0.25, 0.3) is 0 Å². The van der Waals surface area contributed by atoms with Gasteiger partial charge in [-0.1, -0.05) is 29.8 Å². The van der Waals surface area contributed by atoms with Crippen LogP contribution in [-0.2, 0) is 4.74 Å². The van der Waals surface area contributed by atoms with Crippen LogP contribution in [0.1, 0.15) is 57.2 Å². The molecule has 0 saturated carbocycles. The number of ether oxygens (including phenoxy) is 1. The van der Waals surface area contributed by atoms with Crippen LogP contribution in [0.2, 0.25) is 0 Å². The Kier molecular flexibility index (Phi) is 4.36. The predicted octanol–water partition coefficient (Wildman–Crippen LogP) is 4.46. The minimum Gasteiger partial charge on any atom is -0.444 e. The maximum absolute atomic E-state index is 12.4. The van der Waals surface area contributed by atoms with Crippen molar-refractivity contribution in [1.29, 1.82) is 0 Å². The normalized spacial score (nSPS) is 19.8. The third-order valence-electron chi connectivity index (χ3n) is 3.59. The maximum atomic E-state index is 12.4. The highest BCUT2D eigenvalue weighted by Crippen LogP contribution is 2.32. The van der Waals surface area contributed by atoms with Gasteiger partial charge in [0.15, 0.2) is 0 Å². The lowest BCUT2D eigenvalue weighted by atomic mass is 9.95. The molecule has 1 amide bonds. The predicted molar refractivity (Wildman–Crippen MR) is 80.7 cm³/mol. The fraction of sp³-hybridized carbons (Fsp3) is 0.588. The van der Waals surface area contributed by atoms with Gasteiger partial charge in [-0.2, -0.15) is 0 Å². The van der Waals surface area contributed by atoms with E-state index in [-0.39, 0.29) is 12.1 Å². The molecule has 2 rings (SSSR count). The van der Waals surface area contributed by atoms with Gasteiger partial charge in [0.25, 0.3) is 0 Å². The molecule has 1 heterocycles. The largest absolute Gasteiger partial charge is 0.444 e. The zero-order valence-electron chi connectivity index (χ0n) is 13.0. The fourth-order valence-corrected chi connectivity index (χ4v) is 2.61. The molecule has 110 valence electrons. The molecule has 3 heteroatoms. The van der Waals surface area contributed by atoms with E-state index < -0.39 is 5.60 Å². The van der Waals surface area contributed by atoms with Crippen LogP contribution in [0.15, 0.2) is 24.3 Å². The highest BCUT2D eigenvalue weighted by atomic mass is 16.6. The van der Waals surface area contributed by atoms with Crippen molar-refractivity contribution in [3.05, 3.63) is 35.4 Å². The Morgan fingerprint density at radius 3 is 2.45 bits per heavy atom. The van der Waals surface area contributed by atoms with E-state index in [1.807, 2.05) is 25.7 Å². The quantitative estimate of drug-likeness (QED) is 0.757. The molecule has 1 fully saturated rings. The third-order valence-corrected chi connectivity index (χ3v) is 3.59. The molecule has 0 N–H and O–H groups in total. The van der Waals surface area contributed by atoms with Gasteiger partial charge in [0.2, 0.25) is 0 Å². The van der Waals surface area contributed by atoms with Gasteiger partial charge in [-0.3, -0.25) is 0 Å². The molecule has 20 heavy (non-hydrogen) atoms. The lowest BCUT2D eigenvalue weighted by molar-refractivity contribution is 0.00952. The highest BCUT2D eigenvalue weighted by molar-refractivity contribution is 5.69. The third kappa shape index (κ3) is 3.75. The summed E-state index contributed by atoms with van der Waals surface area (Å²) >= 11 is 0. The Labute approximate surface area is 121 Å². The van der Waals surface area contributed by atoms with Gasteiger partial charge in [0.1, 0.15) is 5.60 Å². The van der Waals surface area contributed by atoms with Gasteiger partial charge in [-0.05, 0) is 52.5 Å². The number of carbonyl (C=O) groups is 1. The number of benzene rings is 1. The summed E-state index contributed by atoms with van der Waals surface area (Å²) in [5, 5.41) is 0. The number of hydrogen-bond donors (Lipinski definition) is 0. The van der Waals surface area contributed by atoms with E-state index in [1.54, 1.807) is 0 Å². The van der Waals surface area contributed by atoms with Gasteiger partial charge >= 0.3 is 6.09 Å². The average Bonchev–Trinajstić information content (AvgIpc) is 2.38. The first-order chi connectivity index (χ1) is 9.37. The first kappa shape index (κ1) is 14.9. The molecule has 1 aromatic carbocycles. The number of rotatable bonds is 1. The van der Waals surface area contributed by atoms with E-state index >= 15 is 0 Å². The van der Waals surface area contributed by atoms with Crippen LogP contribution in [-0.4, -0.2) is 23.1 Å². The molecule has 0 radical (unpaired) electrons. The summed E-state index contributed by atoms with van der Waals surface area (Å²) in [6, 6.07) is 8.62. The Hall–Kier alpha value is -1.51. The molecule has 0 aromatic heterocycles. The fourth-order valence-electron chi connectivity index (χ4n) is 2.61. The van der Waals surface area contributed by atoms with Crippen molar-refractivity contribution < 1.29 is 9.53 Å². The van der Waals surface area contributed by atoms with Crippen molar-refractivity contribution in [2.45, 2.75) is 58.6 Å². The zero-order chi connectivity index (χ0) is 14.8.